The van der Waals surface area contributed by atoms with Crippen molar-refractivity contribution in [1.29, 1.82) is 0 Å². The lowest BCUT2D eigenvalue weighted by Gasteiger charge is -2.35. The van der Waals surface area contributed by atoms with Gasteiger partial charge < -0.3 is 4.74 Å². The molecule has 140 valence electrons. The Hall–Kier alpha value is -2.89. The second-order valence-corrected chi connectivity index (χ2v) is 8.11. The molecule has 2 fully saturated rings. The van der Waals surface area contributed by atoms with E-state index in [4.69, 9.17) is 4.74 Å². The molecule has 6 heteroatoms. The molecule has 1 saturated carbocycles. The molecule has 0 aromatic heterocycles. The van der Waals surface area contributed by atoms with E-state index in [-0.39, 0.29) is 5.97 Å². The van der Waals surface area contributed by atoms with E-state index in [9.17, 15) is 14.4 Å². The summed E-state index contributed by atoms with van der Waals surface area (Å²) in [6.45, 7) is 5.58. The lowest BCUT2D eigenvalue weighted by molar-refractivity contribution is -0.168. The number of amides is 2. The Kier molecular flexibility index (Phi) is 3.60. The van der Waals surface area contributed by atoms with Crippen LogP contribution in [0.5, 0.6) is 0 Å². The van der Waals surface area contributed by atoms with Crippen LogP contribution < -0.4 is 10.9 Å². The third kappa shape index (κ3) is 2.16. The van der Waals surface area contributed by atoms with Crippen LogP contribution in [-0.2, 0) is 14.3 Å². The molecule has 1 heterocycles. The summed E-state index contributed by atoms with van der Waals surface area (Å²) in [5.74, 6) is -1.26. The summed E-state index contributed by atoms with van der Waals surface area (Å²) in [6, 6.07) is 13.0. The van der Waals surface area contributed by atoms with Crippen LogP contribution in [0.2, 0.25) is 0 Å². The quantitative estimate of drug-likeness (QED) is 0.632. The SMILES string of the molecule is CC12CCC(C(=O)NNC(=O)c3cccc4ccccc34)(OC1=O)C2(C)C. The van der Waals surface area contributed by atoms with Crippen LogP contribution in [0.15, 0.2) is 42.5 Å². The Labute approximate surface area is 157 Å². The van der Waals surface area contributed by atoms with Gasteiger partial charge in [0.15, 0.2) is 5.60 Å². The van der Waals surface area contributed by atoms with Crippen molar-refractivity contribution in [3.8, 4) is 0 Å². The standard InChI is InChI=1S/C21H22N2O4/c1-19(2)20(3)11-12-21(19,27-18(20)26)17(25)23-22-16(24)15-10-6-8-13-7-4-5-9-14(13)15/h4-10H,11-12H2,1-3H3,(H,22,24)(H,23,25). The Morgan fingerprint density at radius 1 is 0.963 bits per heavy atom. The van der Waals surface area contributed by atoms with E-state index in [1.165, 1.54) is 0 Å². The number of carbonyl (C=O) groups excluding carboxylic acids is 3. The van der Waals surface area contributed by atoms with E-state index in [1.54, 1.807) is 12.1 Å². The number of esters is 1. The van der Waals surface area contributed by atoms with Gasteiger partial charge in [-0.1, -0.05) is 50.2 Å². The van der Waals surface area contributed by atoms with Crippen LogP contribution in [0.3, 0.4) is 0 Å². The highest BCUT2D eigenvalue weighted by atomic mass is 16.6. The molecule has 4 rings (SSSR count). The van der Waals surface area contributed by atoms with Gasteiger partial charge in [0.25, 0.3) is 11.8 Å². The van der Waals surface area contributed by atoms with Crippen molar-refractivity contribution in [3.05, 3.63) is 48.0 Å². The molecule has 2 N–H and O–H groups in total. The van der Waals surface area contributed by atoms with Crippen LogP contribution >= 0.6 is 0 Å². The summed E-state index contributed by atoms with van der Waals surface area (Å²) in [7, 11) is 0. The number of benzene rings is 2. The molecule has 1 aliphatic carbocycles. The summed E-state index contributed by atoms with van der Waals surface area (Å²) in [5.41, 5.74) is 2.82. The van der Waals surface area contributed by atoms with Gasteiger partial charge in [-0.25, -0.2) is 0 Å². The molecule has 27 heavy (non-hydrogen) atoms. The number of hydrogen-bond acceptors (Lipinski definition) is 4. The summed E-state index contributed by atoms with van der Waals surface area (Å²) >= 11 is 0. The van der Waals surface area contributed by atoms with Gasteiger partial charge in [-0.2, -0.15) is 0 Å². The maximum absolute atomic E-state index is 12.9. The Morgan fingerprint density at radius 2 is 1.67 bits per heavy atom. The Balaban J connectivity index is 1.55. The van der Waals surface area contributed by atoms with Gasteiger partial charge in [-0.05, 0) is 36.6 Å². The minimum atomic E-state index is -1.26. The van der Waals surface area contributed by atoms with Crippen LogP contribution in [0.1, 0.15) is 44.0 Å². The first kappa shape index (κ1) is 17.5. The van der Waals surface area contributed by atoms with Gasteiger partial charge in [0.2, 0.25) is 0 Å². The van der Waals surface area contributed by atoms with Crippen LogP contribution in [0, 0.1) is 10.8 Å². The molecule has 0 spiro atoms. The molecule has 2 aliphatic rings. The third-order valence-electron chi connectivity index (χ3n) is 6.77. The number of hydrazine groups is 1. The number of fused-ring (bicyclic) bond motifs is 3. The highest BCUT2D eigenvalue weighted by molar-refractivity contribution is 6.07. The zero-order valence-corrected chi connectivity index (χ0v) is 15.6. The van der Waals surface area contributed by atoms with Gasteiger partial charge >= 0.3 is 5.97 Å². The smallest absolute Gasteiger partial charge is 0.313 e. The first-order valence-corrected chi connectivity index (χ1v) is 9.05. The summed E-state index contributed by atoms with van der Waals surface area (Å²) in [5, 5.41) is 1.73. The second kappa shape index (κ2) is 5.55. The molecule has 1 aliphatic heterocycles. The van der Waals surface area contributed by atoms with E-state index in [2.05, 4.69) is 10.9 Å². The summed E-state index contributed by atoms with van der Waals surface area (Å²) in [4.78, 5) is 37.9. The molecule has 2 unspecified atom stereocenters. The molecule has 1 saturated heterocycles. The van der Waals surface area contributed by atoms with Gasteiger partial charge in [0.1, 0.15) is 0 Å². The number of nitrogens with one attached hydrogen (secondary N) is 2. The van der Waals surface area contributed by atoms with Crippen molar-refractivity contribution in [3.63, 3.8) is 0 Å². The third-order valence-corrected chi connectivity index (χ3v) is 6.77. The van der Waals surface area contributed by atoms with Gasteiger partial charge in [-0.15, -0.1) is 0 Å². The normalized spacial score (nSPS) is 28.0. The minimum absolute atomic E-state index is 0.353. The maximum Gasteiger partial charge on any atom is 0.313 e. The molecule has 2 aromatic rings. The highest BCUT2D eigenvalue weighted by Crippen LogP contribution is 2.65. The highest BCUT2D eigenvalue weighted by Gasteiger charge is 2.75. The van der Waals surface area contributed by atoms with Gasteiger partial charge in [0.05, 0.1) is 5.41 Å². The Morgan fingerprint density at radius 3 is 2.33 bits per heavy atom. The van der Waals surface area contributed by atoms with Crippen molar-refractivity contribution in [2.45, 2.75) is 39.2 Å². The van der Waals surface area contributed by atoms with E-state index in [0.29, 0.717) is 18.4 Å². The lowest BCUT2D eigenvalue weighted by atomic mass is 9.66. The van der Waals surface area contributed by atoms with Crippen LogP contribution in [0.25, 0.3) is 10.8 Å². The number of carbonyl (C=O) groups is 3. The first-order valence-electron chi connectivity index (χ1n) is 9.05. The fraction of sp³-hybridized carbons (Fsp3) is 0.381. The van der Waals surface area contributed by atoms with Crippen molar-refractivity contribution in [2.24, 2.45) is 10.8 Å². The van der Waals surface area contributed by atoms with E-state index < -0.39 is 28.2 Å². The van der Waals surface area contributed by atoms with Crippen molar-refractivity contribution in [2.75, 3.05) is 0 Å². The summed E-state index contributed by atoms with van der Waals surface area (Å²) < 4.78 is 5.53. The topological polar surface area (TPSA) is 84.5 Å². The first-order chi connectivity index (χ1) is 12.7. The lowest BCUT2D eigenvalue weighted by Crippen LogP contribution is -2.57. The zero-order chi connectivity index (χ0) is 19.4. The van der Waals surface area contributed by atoms with Crippen LogP contribution in [-0.4, -0.2) is 23.4 Å². The number of ether oxygens (including phenoxy) is 1. The maximum atomic E-state index is 12.9. The average Bonchev–Trinajstić information content (AvgIpc) is 2.95. The Bertz CT molecular complexity index is 978. The van der Waals surface area contributed by atoms with Crippen molar-refractivity contribution < 1.29 is 19.1 Å². The monoisotopic (exact) mass is 366 g/mol. The zero-order valence-electron chi connectivity index (χ0n) is 15.6. The van der Waals surface area contributed by atoms with Crippen molar-refractivity contribution in [1.82, 2.24) is 10.9 Å². The molecular weight excluding hydrogens is 344 g/mol. The fourth-order valence-corrected chi connectivity index (χ4v) is 4.45. The largest absolute Gasteiger partial charge is 0.448 e. The fourth-order valence-electron chi connectivity index (χ4n) is 4.45. The van der Waals surface area contributed by atoms with E-state index in [1.807, 2.05) is 51.1 Å². The average molecular weight is 366 g/mol. The predicted octanol–water partition coefficient (Wildman–Crippen LogP) is 2.72. The second-order valence-electron chi connectivity index (χ2n) is 8.11. The molecule has 6 nitrogen and oxygen atoms in total. The molecule has 2 atom stereocenters. The van der Waals surface area contributed by atoms with Gasteiger partial charge in [0, 0.05) is 11.0 Å². The molecule has 2 aromatic carbocycles. The molecular formula is C21H22N2O4. The molecule has 2 amide bonds. The molecule has 0 radical (unpaired) electrons. The van der Waals surface area contributed by atoms with Gasteiger partial charge in [-0.3, -0.25) is 25.2 Å². The van der Waals surface area contributed by atoms with E-state index in [0.717, 1.165) is 10.8 Å². The number of hydrogen-bond donors (Lipinski definition) is 2. The molecule has 2 bridgehead atoms. The number of rotatable bonds is 2. The van der Waals surface area contributed by atoms with Crippen LogP contribution in [0.4, 0.5) is 0 Å². The summed E-state index contributed by atoms with van der Waals surface area (Å²) in [6.07, 6.45) is 1.03. The minimum Gasteiger partial charge on any atom is -0.448 e. The van der Waals surface area contributed by atoms with Crippen molar-refractivity contribution >= 4 is 28.6 Å². The van der Waals surface area contributed by atoms with E-state index >= 15 is 0 Å². The predicted molar refractivity (Wildman–Crippen MR) is 99.5 cm³/mol.